The Labute approximate surface area is 203 Å². The Morgan fingerprint density at radius 2 is 2.03 bits per heavy atom. The van der Waals surface area contributed by atoms with Crippen LogP contribution < -0.4 is 5.32 Å². The molecule has 3 N–H and O–H groups in total. The third-order valence-electron chi connectivity index (χ3n) is 8.13. The van der Waals surface area contributed by atoms with E-state index in [0.29, 0.717) is 11.6 Å². The number of aliphatic hydroxyl groups is 1. The number of pyridine rings is 1. The maximum Gasteiger partial charge on any atom is 0.223 e. The van der Waals surface area contributed by atoms with Gasteiger partial charge in [0.25, 0.3) is 0 Å². The highest BCUT2D eigenvalue weighted by Crippen LogP contribution is 2.59. The summed E-state index contributed by atoms with van der Waals surface area (Å²) in [6.07, 6.45) is 10.6. The van der Waals surface area contributed by atoms with Crippen LogP contribution in [-0.2, 0) is 4.79 Å². The van der Waals surface area contributed by atoms with Crippen LogP contribution >= 0.6 is 0 Å². The number of carbonyl (C=O) groups excluding carboxylic acids is 1. The van der Waals surface area contributed by atoms with Crippen molar-refractivity contribution >= 4 is 11.6 Å². The predicted octanol–water partition coefficient (Wildman–Crippen LogP) is 5.09. The van der Waals surface area contributed by atoms with Gasteiger partial charge < -0.3 is 15.4 Å². The van der Waals surface area contributed by atoms with Crippen LogP contribution in [0.25, 0.3) is 0 Å². The average Bonchev–Trinajstić information content (AvgIpc) is 3.52. The Morgan fingerprint density at radius 3 is 2.65 bits per heavy atom. The minimum absolute atomic E-state index is 0.0304. The maximum atomic E-state index is 13.5. The van der Waals surface area contributed by atoms with Gasteiger partial charge in [-0.15, -0.1) is 0 Å². The van der Waals surface area contributed by atoms with E-state index in [0.717, 1.165) is 66.6 Å². The number of rotatable bonds is 7. The molecule has 4 rings (SSSR count). The summed E-state index contributed by atoms with van der Waals surface area (Å²) in [6, 6.07) is 3.59. The molecule has 4 atom stereocenters. The van der Waals surface area contributed by atoms with E-state index >= 15 is 0 Å². The molecule has 182 valence electrons. The summed E-state index contributed by atoms with van der Waals surface area (Å²) in [5, 5.41) is 14.0. The van der Waals surface area contributed by atoms with Crippen LogP contribution in [0, 0.1) is 38.0 Å². The summed E-state index contributed by atoms with van der Waals surface area (Å²) in [6.45, 7) is 11.8. The molecule has 2 fully saturated rings. The molecule has 0 aliphatic heterocycles. The number of nitrogens with zero attached hydrogens (tertiary/aromatic N) is 2. The van der Waals surface area contributed by atoms with Crippen LogP contribution in [0.3, 0.4) is 0 Å². The predicted molar refractivity (Wildman–Crippen MR) is 136 cm³/mol. The topological polar surface area (TPSA) is 90.4 Å². The molecule has 2 saturated carbocycles. The number of aromatic amines is 1. The number of H-pyrrole nitrogens is 1. The summed E-state index contributed by atoms with van der Waals surface area (Å²) >= 11 is 0. The number of carbonyl (C=O) groups is 1. The fourth-order valence-corrected chi connectivity index (χ4v) is 5.59. The second kappa shape index (κ2) is 9.87. The van der Waals surface area contributed by atoms with Gasteiger partial charge in [-0.2, -0.15) is 0 Å². The number of aliphatic hydroxyl groups excluding tert-OH is 1. The van der Waals surface area contributed by atoms with Crippen molar-refractivity contribution in [1.29, 1.82) is 0 Å². The fourth-order valence-electron chi connectivity index (χ4n) is 5.59. The lowest BCUT2D eigenvalue weighted by Crippen LogP contribution is -2.43. The van der Waals surface area contributed by atoms with Gasteiger partial charge in [0.15, 0.2) is 0 Å². The highest BCUT2D eigenvalue weighted by Gasteiger charge is 2.53. The first kappa shape index (κ1) is 24.4. The molecule has 34 heavy (non-hydrogen) atoms. The second-order valence-corrected chi connectivity index (χ2v) is 10.4. The molecule has 0 saturated heterocycles. The molecule has 2 aromatic rings. The normalized spacial score (nSPS) is 23.7. The highest BCUT2D eigenvalue weighted by molar-refractivity contribution is 6.03. The third-order valence-corrected chi connectivity index (χ3v) is 8.13. The second-order valence-electron chi connectivity index (χ2n) is 10.4. The van der Waals surface area contributed by atoms with E-state index in [-0.39, 0.29) is 17.2 Å². The molecule has 0 aromatic carbocycles. The van der Waals surface area contributed by atoms with E-state index < -0.39 is 12.1 Å². The molecule has 0 bridgehead atoms. The monoisotopic (exact) mass is 462 g/mol. The number of hydrogen-bond acceptors (Lipinski definition) is 4. The number of amides is 1. The molecule has 1 unspecified atom stereocenters. The van der Waals surface area contributed by atoms with E-state index in [9.17, 15) is 9.90 Å². The summed E-state index contributed by atoms with van der Waals surface area (Å²) in [7, 11) is 0. The van der Waals surface area contributed by atoms with Crippen LogP contribution in [0.1, 0.15) is 79.6 Å². The molecule has 1 spiro atoms. The Balaban J connectivity index is 1.46. The van der Waals surface area contributed by atoms with Gasteiger partial charge in [-0.05, 0) is 94.9 Å². The Bertz CT molecular complexity index is 1080. The Hall–Kier alpha value is -2.73. The SMILES string of the molecule is C=C/N=C(\c1cc[nH]c1C)C1CC[C@H](C(=O)N[C@@H](C)[C@@H](O)c2cc(C)c(C)cn2)C2(CC1)CC2. The van der Waals surface area contributed by atoms with Gasteiger partial charge in [0, 0.05) is 41.7 Å². The van der Waals surface area contributed by atoms with Gasteiger partial charge in [0.1, 0.15) is 6.10 Å². The van der Waals surface area contributed by atoms with Gasteiger partial charge in [-0.1, -0.05) is 6.58 Å². The van der Waals surface area contributed by atoms with Gasteiger partial charge in [0.2, 0.25) is 5.91 Å². The number of hydrogen-bond donors (Lipinski definition) is 3. The van der Waals surface area contributed by atoms with Crippen molar-refractivity contribution < 1.29 is 9.90 Å². The Kier molecular flexibility index (Phi) is 7.08. The van der Waals surface area contributed by atoms with Gasteiger partial charge in [-0.3, -0.25) is 14.8 Å². The minimum atomic E-state index is -0.833. The molecular formula is C28H38N4O2. The van der Waals surface area contributed by atoms with Crippen molar-refractivity contribution in [2.24, 2.45) is 22.2 Å². The van der Waals surface area contributed by atoms with Crippen molar-refractivity contribution in [3.8, 4) is 0 Å². The lowest BCUT2D eigenvalue weighted by atomic mass is 9.83. The number of aliphatic imine (C=N–C) groups is 1. The van der Waals surface area contributed by atoms with Crippen LogP contribution in [0.4, 0.5) is 0 Å². The van der Waals surface area contributed by atoms with Gasteiger partial charge >= 0.3 is 0 Å². The van der Waals surface area contributed by atoms with Crippen molar-refractivity contribution in [1.82, 2.24) is 15.3 Å². The van der Waals surface area contributed by atoms with Gasteiger partial charge in [-0.25, -0.2) is 0 Å². The minimum Gasteiger partial charge on any atom is -0.385 e. The smallest absolute Gasteiger partial charge is 0.223 e. The van der Waals surface area contributed by atoms with Crippen molar-refractivity contribution in [3.05, 3.63) is 65.4 Å². The quantitative estimate of drug-likeness (QED) is 0.501. The van der Waals surface area contributed by atoms with E-state index in [1.807, 2.05) is 33.0 Å². The van der Waals surface area contributed by atoms with Crippen molar-refractivity contribution in [2.45, 2.75) is 78.4 Å². The van der Waals surface area contributed by atoms with Gasteiger partial charge in [0.05, 0.1) is 17.4 Å². The van der Waals surface area contributed by atoms with Crippen molar-refractivity contribution in [2.75, 3.05) is 0 Å². The Morgan fingerprint density at radius 1 is 1.26 bits per heavy atom. The molecule has 6 heteroatoms. The number of aryl methyl sites for hydroxylation is 3. The van der Waals surface area contributed by atoms with Crippen LogP contribution in [0.2, 0.25) is 0 Å². The molecule has 2 aliphatic carbocycles. The number of nitrogens with one attached hydrogen (secondary N) is 2. The third kappa shape index (κ3) is 4.88. The van der Waals surface area contributed by atoms with E-state index in [4.69, 9.17) is 0 Å². The van der Waals surface area contributed by atoms with E-state index in [2.05, 4.69) is 39.8 Å². The summed E-state index contributed by atoms with van der Waals surface area (Å²) < 4.78 is 0. The lowest BCUT2D eigenvalue weighted by molar-refractivity contribution is -0.129. The molecular weight excluding hydrogens is 424 g/mol. The molecule has 2 aromatic heterocycles. The van der Waals surface area contributed by atoms with Crippen LogP contribution in [0.5, 0.6) is 0 Å². The number of aromatic nitrogens is 2. The first-order valence-electron chi connectivity index (χ1n) is 12.5. The zero-order valence-corrected chi connectivity index (χ0v) is 20.9. The lowest BCUT2D eigenvalue weighted by Gasteiger charge is -2.27. The summed E-state index contributed by atoms with van der Waals surface area (Å²) in [4.78, 5) is 25.8. The summed E-state index contributed by atoms with van der Waals surface area (Å²) in [5.74, 6) is 0.344. The largest absolute Gasteiger partial charge is 0.385 e. The fraction of sp³-hybridized carbons (Fsp3) is 0.536. The standard InChI is InChI=1S/C28H38N4O2/c1-6-29-25(22-10-14-30-19(22)4)21-7-8-23(28(11-9-21)12-13-28)27(34)32-20(5)26(33)24-15-17(2)18(3)16-31-24/h6,10,14-16,20-21,23,26,30,33H,1,7-9,11-13H2,2-5H3,(H,32,34)/b29-25-/t20-,21?,23+,26+/m0/s1. The zero-order valence-electron chi connectivity index (χ0n) is 20.9. The van der Waals surface area contributed by atoms with Crippen LogP contribution in [-0.4, -0.2) is 32.7 Å². The average molecular weight is 463 g/mol. The zero-order chi connectivity index (χ0) is 24.5. The molecule has 1 amide bonds. The molecule has 2 aliphatic rings. The first-order chi connectivity index (χ1) is 16.3. The molecule has 0 radical (unpaired) electrons. The highest BCUT2D eigenvalue weighted by atomic mass is 16.3. The summed E-state index contributed by atoms with van der Waals surface area (Å²) in [5.41, 5.74) is 6.21. The van der Waals surface area contributed by atoms with Crippen molar-refractivity contribution in [3.63, 3.8) is 0 Å². The maximum absolute atomic E-state index is 13.5. The van der Waals surface area contributed by atoms with E-state index in [1.165, 1.54) is 0 Å². The molecule has 2 heterocycles. The van der Waals surface area contributed by atoms with E-state index in [1.54, 1.807) is 12.4 Å². The molecule has 6 nitrogen and oxygen atoms in total. The van der Waals surface area contributed by atoms with Crippen LogP contribution in [0.15, 0.2) is 42.3 Å². The first-order valence-corrected chi connectivity index (χ1v) is 12.5.